The van der Waals surface area contributed by atoms with Crippen molar-refractivity contribution in [1.29, 1.82) is 0 Å². The van der Waals surface area contributed by atoms with Crippen LogP contribution in [0.3, 0.4) is 0 Å². The smallest absolute Gasteiger partial charge is 0.141 e. The highest BCUT2D eigenvalue weighted by Crippen LogP contribution is 2.36. The van der Waals surface area contributed by atoms with Gasteiger partial charge in [-0.25, -0.2) is 9.50 Å². The van der Waals surface area contributed by atoms with Crippen LogP contribution < -0.4 is 0 Å². The molecule has 4 nitrogen and oxygen atoms in total. The number of benzene rings is 5. The molecule has 0 saturated carbocycles. The van der Waals surface area contributed by atoms with Crippen LogP contribution in [0.2, 0.25) is 0 Å². The van der Waals surface area contributed by atoms with Gasteiger partial charge in [0.25, 0.3) is 0 Å². The van der Waals surface area contributed by atoms with Crippen LogP contribution in [0.15, 0.2) is 133 Å². The standard InChI is InChI=1S/C39H30N4/c1-3-42-35-19-10-9-18-34(35)40-39(42)29-22-20-27(21-23-29)30-15-11-16-32(24-30)37-26(2)38-33-17-8-7-14-31(33)25-36(43(38)41-37)28-12-5-4-6-13-28/h4-25H,3H2,1-2H3. The van der Waals surface area contributed by atoms with Gasteiger partial charge in [0, 0.05) is 34.2 Å². The van der Waals surface area contributed by atoms with E-state index in [0.29, 0.717) is 0 Å². The molecule has 0 saturated heterocycles. The second kappa shape index (κ2) is 10.1. The predicted molar refractivity (Wildman–Crippen MR) is 178 cm³/mol. The van der Waals surface area contributed by atoms with Gasteiger partial charge in [0.2, 0.25) is 0 Å². The summed E-state index contributed by atoms with van der Waals surface area (Å²) >= 11 is 0. The molecule has 0 aliphatic rings. The zero-order chi connectivity index (χ0) is 28.9. The molecule has 0 aliphatic heterocycles. The lowest BCUT2D eigenvalue weighted by Gasteiger charge is -2.09. The quantitative estimate of drug-likeness (QED) is 0.212. The fourth-order valence-corrected chi connectivity index (χ4v) is 6.40. The molecule has 206 valence electrons. The first-order chi connectivity index (χ1) is 21.2. The van der Waals surface area contributed by atoms with E-state index in [1.165, 1.54) is 27.4 Å². The molecule has 3 heterocycles. The number of fused-ring (bicyclic) bond motifs is 4. The predicted octanol–water partition coefficient (Wildman–Crippen LogP) is 9.83. The number of para-hydroxylation sites is 2. The molecule has 0 unspecified atom stereocenters. The van der Waals surface area contributed by atoms with Gasteiger partial charge in [-0.15, -0.1) is 0 Å². The Labute approximate surface area is 250 Å². The van der Waals surface area contributed by atoms with Crippen LogP contribution >= 0.6 is 0 Å². The average Bonchev–Trinajstić information content (AvgIpc) is 3.63. The Morgan fingerprint density at radius 3 is 2.14 bits per heavy atom. The molecule has 0 atom stereocenters. The largest absolute Gasteiger partial charge is 0.324 e. The van der Waals surface area contributed by atoms with Crippen LogP contribution in [-0.4, -0.2) is 19.2 Å². The molecule has 4 heteroatoms. The molecule has 0 amide bonds. The summed E-state index contributed by atoms with van der Waals surface area (Å²) in [4.78, 5) is 4.94. The van der Waals surface area contributed by atoms with Crippen molar-refractivity contribution in [2.75, 3.05) is 0 Å². The summed E-state index contributed by atoms with van der Waals surface area (Å²) in [7, 11) is 0. The first-order valence-electron chi connectivity index (χ1n) is 14.8. The van der Waals surface area contributed by atoms with Crippen molar-refractivity contribution < 1.29 is 0 Å². The fraction of sp³-hybridized carbons (Fsp3) is 0.0769. The van der Waals surface area contributed by atoms with Gasteiger partial charge in [0.15, 0.2) is 0 Å². The lowest BCUT2D eigenvalue weighted by Crippen LogP contribution is -1.97. The molecule has 5 aromatic carbocycles. The lowest BCUT2D eigenvalue weighted by molar-refractivity contribution is 0.796. The average molecular weight is 555 g/mol. The van der Waals surface area contributed by atoms with E-state index >= 15 is 0 Å². The number of rotatable bonds is 5. The first kappa shape index (κ1) is 25.2. The van der Waals surface area contributed by atoms with E-state index in [0.717, 1.165) is 57.0 Å². The Morgan fingerprint density at radius 2 is 1.30 bits per heavy atom. The fourth-order valence-electron chi connectivity index (χ4n) is 6.40. The lowest BCUT2D eigenvalue weighted by atomic mass is 9.98. The Bertz CT molecular complexity index is 2270. The second-order valence-electron chi connectivity index (χ2n) is 11.0. The number of hydrogen-bond donors (Lipinski definition) is 0. The number of pyridine rings is 1. The molecule has 0 fully saturated rings. The number of nitrogens with zero attached hydrogens (tertiary/aromatic N) is 4. The van der Waals surface area contributed by atoms with Crippen molar-refractivity contribution in [3.8, 4) is 45.0 Å². The summed E-state index contributed by atoms with van der Waals surface area (Å²) < 4.78 is 4.41. The highest BCUT2D eigenvalue weighted by atomic mass is 15.2. The molecule has 8 rings (SSSR count). The van der Waals surface area contributed by atoms with Crippen molar-refractivity contribution in [2.24, 2.45) is 0 Å². The molecular weight excluding hydrogens is 524 g/mol. The summed E-state index contributed by atoms with van der Waals surface area (Å²) in [6, 6.07) is 47.2. The van der Waals surface area contributed by atoms with Gasteiger partial charge in [-0.3, -0.25) is 0 Å². The number of aromatic nitrogens is 4. The summed E-state index contributed by atoms with van der Waals surface area (Å²) in [5.74, 6) is 1.01. The van der Waals surface area contributed by atoms with Crippen molar-refractivity contribution in [3.05, 3.63) is 139 Å². The van der Waals surface area contributed by atoms with Crippen molar-refractivity contribution >= 4 is 27.3 Å². The third-order valence-electron chi connectivity index (χ3n) is 8.51. The topological polar surface area (TPSA) is 35.1 Å². The van der Waals surface area contributed by atoms with Crippen molar-refractivity contribution in [1.82, 2.24) is 19.2 Å². The van der Waals surface area contributed by atoms with Gasteiger partial charge in [0.05, 0.1) is 27.9 Å². The van der Waals surface area contributed by atoms with Gasteiger partial charge < -0.3 is 4.57 Å². The third kappa shape index (κ3) is 4.14. The van der Waals surface area contributed by atoms with E-state index in [9.17, 15) is 0 Å². The zero-order valence-electron chi connectivity index (χ0n) is 24.2. The molecular formula is C39H30N4. The van der Waals surface area contributed by atoms with E-state index in [4.69, 9.17) is 10.1 Å². The summed E-state index contributed by atoms with van der Waals surface area (Å²) in [6.45, 7) is 5.24. The highest BCUT2D eigenvalue weighted by molar-refractivity contribution is 6.01. The van der Waals surface area contributed by atoms with Crippen molar-refractivity contribution in [2.45, 2.75) is 20.4 Å². The van der Waals surface area contributed by atoms with Gasteiger partial charge in [-0.1, -0.05) is 109 Å². The number of imidazole rings is 1. The molecule has 0 aliphatic carbocycles. The minimum Gasteiger partial charge on any atom is -0.324 e. The maximum Gasteiger partial charge on any atom is 0.141 e. The van der Waals surface area contributed by atoms with Gasteiger partial charge in [-0.2, -0.15) is 5.10 Å². The Morgan fingerprint density at radius 1 is 0.605 bits per heavy atom. The van der Waals surface area contributed by atoms with Crippen LogP contribution in [0.1, 0.15) is 12.5 Å². The van der Waals surface area contributed by atoms with Crippen LogP contribution in [0.25, 0.3) is 72.4 Å². The Kier molecular flexibility index (Phi) is 5.93. The van der Waals surface area contributed by atoms with Gasteiger partial charge in [-0.05, 0) is 54.6 Å². The minimum absolute atomic E-state index is 0.874. The van der Waals surface area contributed by atoms with Crippen LogP contribution in [0, 0.1) is 6.92 Å². The number of aryl methyl sites for hydroxylation is 2. The molecule has 0 bridgehead atoms. The van der Waals surface area contributed by atoms with Crippen LogP contribution in [0.5, 0.6) is 0 Å². The molecule has 8 aromatic rings. The molecule has 3 aromatic heterocycles. The summed E-state index contributed by atoms with van der Waals surface area (Å²) in [5.41, 5.74) is 12.3. The first-order valence-corrected chi connectivity index (χ1v) is 14.8. The summed E-state index contributed by atoms with van der Waals surface area (Å²) in [5, 5.41) is 7.67. The number of hydrogen-bond acceptors (Lipinski definition) is 2. The van der Waals surface area contributed by atoms with Crippen molar-refractivity contribution in [3.63, 3.8) is 0 Å². The maximum atomic E-state index is 5.24. The second-order valence-corrected chi connectivity index (χ2v) is 11.0. The molecule has 0 spiro atoms. The monoisotopic (exact) mass is 554 g/mol. The van der Waals surface area contributed by atoms with Crippen LogP contribution in [0.4, 0.5) is 0 Å². The maximum absolute atomic E-state index is 5.24. The van der Waals surface area contributed by atoms with E-state index in [-0.39, 0.29) is 0 Å². The Balaban J connectivity index is 1.22. The van der Waals surface area contributed by atoms with E-state index in [2.05, 4.69) is 150 Å². The Hall–Kier alpha value is -5.48. The summed E-state index contributed by atoms with van der Waals surface area (Å²) in [6.07, 6.45) is 0. The SMILES string of the molecule is CCn1c(-c2ccc(-c3cccc(-c4nn5c(-c6ccccc6)cc6ccccc6c5c4C)c3)cc2)nc2ccccc21. The highest BCUT2D eigenvalue weighted by Gasteiger charge is 2.18. The molecule has 0 radical (unpaired) electrons. The zero-order valence-corrected chi connectivity index (χ0v) is 24.2. The normalized spacial score (nSPS) is 11.6. The van der Waals surface area contributed by atoms with E-state index in [1.54, 1.807) is 0 Å². The minimum atomic E-state index is 0.874. The van der Waals surface area contributed by atoms with Gasteiger partial charge in [0.1, 0.15) is 5.82 Å². The van der Waals surface area contributed by atoms with E-state index < -0.39 is 0 Å². The molecule has 0 N–H and O–H groups in total. The molecule has 43 heavy (non-hydrogen) atoms. The van der Waals surface area contributed by atoms with E-state index in [1.807, 2.05) is 6.07 Å². The van der Waals surface area contributed by atoms with Gasteiger partial charge >= 0.3 is 0 Å². The van der Waals surface area contributed by atoms with Crippen LogP contribution in [-0.2, 0) is 6.54 Å². The third-order valence-corrected chi connectivity index (χ3v) is 8.51.